The summed E-state index contributed by atoms with van der Waals surface area (Å²) in [5.74, 6) is 1.11. The molecule has 18 heavy (non-hydrogen) atoms. The molecule has 0 aliphatic carbocycles. The van der Waals surface area contributed by atoms with E-state index in [0.717, 1.165) is 24.4 Å². The molecular formula is C14H20N2S2. The third-order valence-corrected chi connectivity index (χ3v) is 5.57. The van der Waals surface area contributed by atoms with Crippen molar-refractivity contribution in [3.05, 3.63) is 24.3 Å². The van der Waals surface area contributed by atoms with Crippen LogP contribution in [0.4, 0.5) is 5.69 Å². The number of hydrogen-bond acceptors (Lipinski definition) is 4. The van der Waals surface area contributed by atoms with Crippen molar-refractivity contribution in [3.63, 3.8) is 0 Å². The number of thioether (sulfide) groups is 2. The molecule has 2 N–H and O–H groups in total. The van der Waals surface area contributed by atoms with E-state index < -0.39 is 0 Å². The normalized spacial score (nSPS) is 17.2. The van der Waals surface area contributed by atoms with Crippen molar-refractivity contribution in [2.45, 2.75) is 36.3 Å². The summed E-state index contributed by atoms with van der Waals surface area (Å²) in [6.07, 6.45) is 2.27. The molecule has 0 unspecified atom stereocenters. The highest BCUT2D eigenvalue weighted by molar-refractivity contribution is 8.16. The minimum absolute atomic E-state index is 0.0851. The minimum Gasteiger partial charge on any atom is -0.330 e. The van der Waals surface area contributed by atoms with Gasteiger partial charge in [0.1, 0.15) is 0 Å². The van der Waals surface area contributed by atoms with Gasteiger partial charge in [-0.1, -0.05) is 12.1 Å². The second-order valence-electron chi connectivity index (χ2n) is 4.84. The van der Waals surface area contributed by atoms with E-state index in [1.54, 1.807) is 0 Å². The lowest BCUT2D eigenvalue weighted by Crippen LogP contribution is -2.27. The maximum Gasteiger partial charge on any atom is 0.0898 e. The van der Waals surface area contributed by atoms with Gasteiger partial charge in [0.05, 0.1) is 15.5 Å². The predicted molar refractivity (Wildman–Crippen MR) is 84.2 cm³/mol. The van der Waals surface area contributed by atoms with Gasteiger partial charge in [-0.25, -0.2) is 4.99 Å². The maximum absolute atomic E-state index is 5.52. The van der Waals surface area contributed by atoms with Gasteiger partial charge in [-0.2, -0.15) is 0 Å². The van der Waals surface area contributed by atoms with Crippen LogP contribution in [0.2, 0.25) is 0 Å². The van der Waals surface area contributed by atoms with Gasteiger partial charge >= 0.3 is 0 Å². The minimum atomic E-state index is 0.0851. The molecule has 0 bridgehead atoms. The van der Waals surface area contributed by atoms with E-state index in [2.05, 4.69) is 38.1 Å². The molecule has 0 atom stereocenters. The molecule has 4 heteroatoms. The molecule has 0 fully saturated rings. The lowest BCUT2D eigenvalue weighted by Gasteiger charge is -2.30. The Hall–Kier alpha value is -0.450. The Balaban J connectivity index is 2.10. The smallest absolute Gasteiger partial charge is 0.0898 e. The molecular weight excluding hydrogens is 260 g/mol. The van der Waals surface area contributed by atoms with Crippen LogP contribution in [-0.2, 0) is 0 Å². The lowest BCUT2D eigenvalue weighted by molar-refractivity contribution is 0.815. The number of unbranched alkanes of at least 4 members (excludes halogenated alkanes) is 1. The van der Waals surface area contributed by atoms with Crippen LogP contribution in [0.25, 0.3) is 0 Å². The topological polar surface area (TPSA) is 38.4 Å². The van der Waals surface area contributed by atoms with Crippen molar-refractivity contribution in [2.75, 3.05) is 12.3 Å². The highest BCUT2D eigenvalue weighted by atomic mass is 32.2. The van der Waals surface area contributed by atoms with Crippen molar-refractivity contribution in [1.29, 1.82) is 0 Å². The molecule has 1 aliphatic heterocycles. The standard InChI is InChI=1S/C14H20N2S2/c1-14(2)13(17-10-6-5-9-15)16-11-7-3-4-8-12(11)18-14/h3-4,7-8H,5-6,9-10,15H2,1-2H3. The quantitative estimate of drug-likeness (QED) is 0.845. The van der Waals surface area contributed by atoms with Gasteiger partial charge in [-0.05, 0) is 51.1 Å². The van der Waals surface area contributed by atoms with E-state index in [-0.39, 0.29) is 4.75 Å². The van der Waals surface area contributed by atoms with Crippen molar-refractivity contribution in [3.8, 4) is 0 Å². The van der Waals surface area contributed by atoms with Gasteiger partial charge < -0.3 is 5.73 Å². The fraction of sp³-hybridized carbons (Fsp3) is 0.500. The van der Waals surface area contributed by atoms with Crippen molar-refractivity contribution < 1.29 is 0 Å². The Morgan fingerprint density at radius 3 is 2.83 bits per heavy atom. The number of rotatable bonds is 4. The van der Waals surface area contributed by atoms with Crippen LogP contribution in [0.1, 0.15) is 26.7 Å². The van der Waals surface area contributed by atoms with Gasteiger partial charge in [0.2, 0.25) is 0 Å². The molecule has 0 spiro atoms. The number of para-hydroxylation sites is 1. The summed E-state index contributed by atoms with van der Waals surface area (Å²) in [6, 6.07) is 8.38. The molecule has 0 radical (unpaired) electrons. The second kappa shape index (κ2) is 6.13. The van der Waals surface area contributed by atoms with E-state index in [9.17, 15) is 0 Å². The molecule has 2 rings (SSSR count). The van der Waals surface area contributed by atoms with E-state index in [4.69, 9.17) is 10.7 Å². The first-order chi connectivity index (χ1) is 8.63. The number of hydrogen-bond donors (Lipinski definition) is 1. The van der Waals surface area contributed by atoms with Crippen LogP contribution < -0.4 is 5.73 Å². The molecule has 0 saturated heterocycles. The fourth-order valence-corrected chi connectivity index (χ4v) is 4.22. The summed E-state index contributed by atoms with van der Waals surface area (Å²) >= 11 is 3.79. The summed E-state index contributed by atoms with van der Waals surface area (Å²) < 4.78 is 0.0851. The highest BCUT2D eigenvalue weighted by Gasteiger charge is 2.31. The molecule has 1 aliphatic rings. The molecule has 98 valence electrons. The second-order valence-corrected chi connectivity index (χ2v) is 7.59. The van der Waals surface area contributed by atoms with Crippen LogP contribution in [0.3, 0.4) is 0 Å². The van der Waals surface area contributed by atoms with E-state index in [0.29, 0.717) is 0 Å². The Kier molecular flexibility index (Phi) is 4.76. The molecule has 0 amide bonds. The Labute approximate surface area is 118 Å². The van der Waals surface area contributed by atoms with Crippen LogP contribution >= 0.6 is 23.5 Å². The molecule has 1 heterocycles. The number of benzene rings is 1. The van der Waals surface area contributed by atoms with E-state index in [1.165, 1.54) is 16.4 Å². The van der Waals surface area contributed by atoms with Gasteiger partial charge in [-0.15, -0.1) is 23.5 Å². The molecule has 0 saturated carbocycles. The van der Waals surface area contributed by atoms with E-state index >= 15 is 0 Å². The zero-order valence-corrected chi connectivity index (χ0v) is 12.6. The molecule has 2 nitrogen and oxygen atoms in total. The van der Waals surface area contributed by atoms with E-state index in [1.807, 2.05) is 23.5 Å². The predicted octanol–water partition coefficient (Wildman–Crippen LogP) is 4.07. The number of nitrogens with two attached hydrogens (primary N) is 1. The molecule has 1 aromatic carbocycles. The number of fused-ring (bicyclic) bond motifs is 1. The summed E-state index contributed by atoms with van der Waals surface area (Å²) in [5, 5.41) is 1.24. The van der Waals surface area contributed by atoms with Crippen molar-refractivity contribution in [2.24, 2.45) is 10.7 Å². The zero-order chi connectivity index (χ0) is 13.0. The summed E-state index contributed by atoms with van der Waals surface area (Å²) in [6.45, 7) is 5.29. The maximum atomic E-state index is 5.52. The Morgan fingerprint density at radius 1 is 1.28 bits per heavy atom. The summed E-state index contributed by atoms with van der Waals surface area (Å²) in [5.41, 5.74) is 6.63. The van der Waals surface area contributed by atoms with Gasteiger partial charge in [0, 0.05) is 4.90 Å². The van der Waals surface area contributed by atoms with Gasteiger partial charge in [0.25, 0.3) is 0 Å². The van der Waals surface area contributed by atoms with Crippen LogP contribution in [0, 0.1) is 0 Å². The fourth-order valence-electron chi connectivity index (χ4n) is 1.82. The Bertz CT molecular complexity index is 441. The summed E-state index contributed by atoms with van der Waals surface area (Å²) in [4.78, 5) is 6.11. The average molecular weight is 280 g/mol. The Morgan fingerprint density at radius 2 is 2.06 bits per heavy atom. The van der Waals surface area contributed by atoms with Gasteiger partial charge in [0.15, 0.2) is 0 Å². The SMILES string of the molecule is CC1(C)Sc2ccccc2N=C1SCCCCN. The van der Waals surface area contributed by atoms with Gasteiger partial charge in [-0.3, -0.25) is 0 Å². The first kappa shape index (κ1) is 14.0. The largest absolute Gasteiger partial charge is 0.330 e. The summed E-state index contributed by atoms with van der Waals surface area (Å²) in [7, 11) is 0. The van der Waals surface area contributed by atoms with Crippen LogP contribution in [0.5, 0.6) is 0 Å². The van der Waals surface area contributed by atoms with Crippen LogP contribution in [0.15, 0.2) is 34.2 Å². The number of nitrogens with zero attached hydrogens (tertiary/aromatic N) is 1. The monoisotopic (exact) mass is 280 g/mol. The molecule has 1 aromatic rings. The van der Waals surface area contributed by atoms with Crippen LogP contribution in [-0.4, -0.2) is 22.1 Å². The highest BCUT2D eigenvalue weighted by Crippen LogP contribution is 2.46. The van der Waals surface area contributed by atoms with Crippen molar-refractivity contribution >= 4 is 34.3 Å². The first-order valence-electron chi connectivity index (χ1n) is 6.33. The third-order valence-electron chi connectivity index (χ3n) is 2.80. The molecule has 0 aromatic heterocycles. The average Bonchev–Trinajstić information content (AvgIpc) is 2.34. The zero-order valence-electron chi connectivity index (χ0n) is 11.0. The lowest BCUT2D eigenvalue weighted by atomic mass is 10.2. The third kappa shape index (κ3) is 3.31. The first-order valence-corrected chi connectivity index (χ1v) is 8.14. The number of aliphatic imine (C=N–C) groups is 1. The van der Waals surface area contributed by atoms with Crippen molar-refractivity contribution in [1.82, 2.24) is 0 Å².